The number of hydrogen-bond acceptors (Lipinski definition) is 4. The molecule has 28 heavy (non-hydrogen) atoms. The van der Waals surface area contributed by atoms with Crippen LogP contribution < -0.4 is 11.1 Å². The number of rotatable bonds is 4. The van der Waals surface area contributed by atoms with E-state index in [1.165, 1.54) is 11.3 Å². The third-order valence-electron chi connectivity index (χ3n) is 5.22. The lowest BCUT2D eigenvalue weighted by Crippen LogP contribution is -2.52. The van der Waals surface area contributed by atoms with Crippen LogP contribution in [0.1, 0.15) is 24.0 Å². The SMILES string of the molecule is NC(=O)NC1CCN(C(F)(c2ccc3ncsc3c2)c2ccccc2Cl)CC1. The van der Waals surface area contributed by atoms with E-state index in [-0.39, 0.29) is 6.04 Å². The second kappa shape index (κ2) is 7.66. The fraction of sp³-hybridized carbons (Fsp3) is 0.300. The summed E-state index contributed by atoms with van der Waals surface area (Å²) >= 11 is 7.90. The van der Waals surface area contributed by atoms with Crippen molar-refractivity contribution in [2.75, 3.05) is 13.1 Å². The van der Waals surface area contributed by atoms with Crippen LogP contribution in [0.25, 0.3) is 10.2 Å². The standard InChI is InChI=1S/C20H20ClFN4OS/c21-16-4-2-1-3-15(16)20(22,13-5-6-17-18(11-13)28-12-24-17)26-9-7-14(8-10-26)25-19(23)27/h1-6,11-12,14H,7-10H2,(H3,23,25,27). The van der Waals surface area contributed by atoms with E-state index in [1.54, 1.807) is 40.7 Å². The highest BCUT2D eigenvalue weighted by Gasteiger charge is 2.43. The van der Waals surface area contributed by atoms with Crippen molar-refractivity contribution in [3.05, 3.63) is 64.1 Å². The molecule has 0 saturated carbocycles. The Bertz CT molecular complexity index is 1000. The van der Waals surface area contributed by atoms with Crippen molar-refractivity contribution < 1.29 is 9.18 Å². The van der Waals surface area contributed by atoms with Crippen LogP contribution in [0.5, 0.6) is 0 Å². The Labute approximate surface area is 171 Å². The van der Waals surface area contributed by atoms with Gasteiger partial charge in [0.2, 0.25) is 5.79 Å². The lowest BCUT2D eigenvalue weighted by molar-refractivity contribution is -0.0204. The maximum Gasteiger partial charge on any atom is 0.312 e. The van der Waals surface area contributed by atoms with E-state index in [1.807, 2.05) is 12.1 Å². The predicted molar refractivity (Wildman–Crippen MR) is 110 cm³/mol. The highest BCUT2D eigenvalue weighted by atomic mass is 35.5. The quantitative estimate of drug-likeness (QED) is 0.622. The summed E-state index contributed by atoms with van der Waals surface area (Å²) in [6, 6.07) is 11.9. The molecule has 1 atom stereocenters. The summed E-state index contributed by atoms with van der Waals surface area (Å²) in [7, 11) is 0. The summed E-state index contributed by atoms with van der Waals surface area (Å²) < 4.78 is 17.9. The van der Waals surface area contributed by atoms with Gasteiger partial charge in [-0.15, -0.1) is 11.3 Å². The lowest BCUT2D eigenvalue weighted by atomic mass is 9.91. The maximum atomic E-state index is 16.9. The number of nitrogens with one attached hydrogen (secondary N) is 1. The third kappa shape index (κ3) is 3.45. The van der Waals surface area contributed by atoms with Crippen molar-refractivity contribution in [2.45, 2.75) is 24.7 Å². The number of nitrogens with zero attached hydrogens (tertiary/aromatic N) is 2. The van der Waals surface area contributed by atoms with Crippen LogP contribution in [0, 0.1) is 0 Å². The summed E-state index contributed by atoms with van der Waals surface area (Å²) in [6.07, 6.45) is 1.23. The van der Waals surface area contributed by atoms with Crippen LogP contribution in [0.4, 0.5) is 9.18 Å². The molecule has 1 aliphatic rings. The molecule has 1 aliphatic heterocycles. The third-order valence-corrected chi connectivity index (χ3v) is 6.34. The zero-order valence-corrected chi connectivity index (χ0v) is 16.6. The molecular formula is C20H20ClFN4OS. The van der Waals surface area contributed by atoms with E-state index < -0.39 is 11.8 Å². The molecule has 3 N–H and O–H groups in total. The topological polar surface area (TPSA) is 71.2 Å². The van der Waals surface area contributed by atoms with Crippen LogP contribution in [0.15, 0.2) is 48.0 Å². The van der Waals surface area contributed by atoms with Crippen molar-refractivity contribution in [3.63, 3.8) is 0 Å². The number of aromatic nitrogens is 1. The number of fused-ring (bicyclic) bond motifs is 1. The number of thiazole rings is 1. The van der Waals surface area contributed by atoms with Gasteiger partial charge in [0.15, 0.2) is 0 Å². The van der Waals surface area contributed by atoms with Crippen molar-refractivity contribution in [2.24, 2.45) is 5.73 Å². The number of nitrogens with two attached hydrogens (primary N) is 1. The van der Waals surface area contributed by atoms with E-state index in [9.17, 15) is 4.79 Å². The minimum absolute atomic E-state index is 0.0479. The largest absolute Gasteiger partial charge is 0.352 e. The molecule has 5 nitrogen and oxygen atoms in total. The number of urea groups is 1. The number of piperidine rings is 1. The molecule has 8 heteroatoms. The van der Waals surface area contributed by atoms with E-state index in [0.29, 0.717) is 42.1 Å². The summed E-state index contributed by atoms with van der Waals surface area (Å²) in [4.78, 5) is 17.2. The monoisotopic (exact) mass is 418 g/mol. The van der Waals surface area contributed by atoms with Crippen LogP contribution in [-0.2, 0) is 5.79 Å². The molecule has 1 unspecified atom stereocenters. The first kappa shape index (κ1) is 19.1. The number of alkyl halides is 1. The Balaban J connectivity index is 1.74. The van der Waals surface area contributed by atoms with E-state index in [0.717, 1.165) is 10.2 Å². The molecule has 1 aromatic heterocycles. The van der Waals surface area contributed by atoms with Crippen LogP contribution in [0.2, 0.25) is 5.02 Å². The van der Waals surface area contributed by atoms with Crippen molar-refractivity contribution in [1.82, 2.24) is 15.2 Å². The minimum Gasteiger partial charge on any atom is -0.352 e. The molecule has 4 rings (SSSR count). The predicted octanol–water partition coefficient (Wildman–Crippen LogP) is 4.25. The number of halogens is 2. The van der Waals surface area contributed by atoms with Gasteiger partial charge in [0.1, 0.15) is 0 Å². The second-order valence-electron chi connectivity index (χ2n) is 6.91. The Morgan fingerprint density at radius 1 is 1.29 bits per heavy atom. The number of carbonyl (C=O) groups is 1. The summed E-state index contributed by atoms with van der Waals surface area (Å²) in [5.74, 6) is -1.88. The number of primary amides is 1. The zero-order valence-electron chi connectivity index (χ0n) is 15.1. The molecule has 0 spiro atoms. The Morgan fingerprint density at radius 2 is 2.04 bits per heavy atom. The summed E-state index contributed by atoms with van der Waals surface area (Å²) in [5.41, 5.74) is 8.78. The molecule has 0 radical (unpaired) electrons. The Morgan fingerprint density at radius 3 is 2.75 bits per heavy atom. The number of likely N-dealkylation sites (tertiary alicyclic amines) is 1. The summed E-state index contributed by atoms with van der Waals surface area (Å²) in [6.45, 7) is 0.931. The normalized spacial score (nSPS) is 18.1. The molecular weight excluding hydrogens is 399 g/mol. The molecule has 1 saturated heterocycles. The van der Waals surface area contributed by atoms with Gasteiger partial charge in [0.25, 0.3) is 0 Å². The molecule has 2 heterocycles. The van der Waals surface area contributed by atoms with Crippen LogP contribution in [-0.4, -0.2) is 35.0 Å². The van der Waals surface area contributed by atoms with Gasteiger partial charge in [-0.1, -0.05) is 35.9 Å². The highest BCUT2D eigenvalue weighted by molar-refractivity contribution is 7.16. The first-order valence-corrected chi connectivity index (χ1v) is 10.3. The van der Waals surface area contributed by atoms with Crippen LogP contribution >= 0.6 is 22.9 Å². The smallest absolute Gasteiger partial charge is 0.312 e. The van der Waals surface area contributed by atoms with Gasteiger partial charge in [0, 0.05) is 35.3 Å². The first-order valence-electron chi connectivity index (χ1n) is 9.07. The van der Waals surface area contributed by atoms with E-state index in [2.05, 4.69) is 10.3 Å². The molecule has 146 valence electrons. The molecule has 3 aromatic rings. The van der Waals surface area contributed by atoms with Gasteiger partial charge in [-0.25, -0.2) is 14.2 Å². The molecule has 2 amide bonds. The van der Waals surface area contributed by atoms with Gasteiger partial charge in [-0.2, -0.15) is 0 Å². The zero-order chi connectivity index (χ0) is 19.7. The Kier molecular flexibility index (Phi) is 5.23. The summed E-state index contributed by atoms with van der Waals surface area (Å²) in [5, 5.41) is 3.10. The fourth-order valence-electron chi connectivity index (χ4n) is 3.83. The van der Waals surface area contributed by atoms with Crippen molar-refractivity contribution >= 4 is 39.2 Å². The number of hydrogen-bond donors (Lipinski definition) is 2. The molecule has 0 aliphatic carbocycles. The second-order valence-corrected chi connectivity index (χ2v) is 8.20. The first-order chi connectivity index (χ1) is 13.5. The van der Waals surface area contributed by atoms with Gasteiger partial charge in [0.05, 0.1) is 15.7 Å². The molecule has 0 bridgehead atoms. The molecule has 1 fully saturated rings. The Hall–Kier alpha value is -2.22. The van der Waals surface area contributed by atoms with Gasteiger partial charge >= 0.3 is 6.03 Å². The molecule has 2 aromatic carbocycles. The maximum absolute atomic E-state index is 16.9. The average Bonchev–Trinajstić information content (AvgIpc) is 3.16. The number of benzene rings is 2. The van der Waals surface area contributed by atoms with Crippen LogP contribution in [0.3, 0.4) is 0 Å². The van der Waals surface area contributed by atoms with Gasteiger partial charge < -0.3 is 11.1 Å². The fourth-order valence-corrected chi connectivity index (χ4v) is 4.81. The van der Waals surface area contributed by atoms with Gasteiger partial charge in [-0.3, -0.25) is 4.90 Å². The highest BCUT2D eigenvalue weighted by Crippen LogP contribution is 2.43. The minimum atomic E-state index is -1.88. The van der Waals surface area contributed by atoms with Gasteiger partial charge in [-0.05, 0) is 31.0 Å². The van der Waals surface area contributed by atoms with E-state index >= 15 is 4.39 Å². The van der Waals surface area contributed by atoms with Crippen molar-refractivity contribution in [3.8, 4) is 0 Å². The number of carbonyl (C=O) groups excluding carboxylic acids is 1. The van der Waals surface area contributed by atoms with Crippen molar-refractivity contribution in [1.29, 1.82) is 0 Å². The average molecular weight is 419 g/mol. The number of amides is 2. The lowest BCUT2D eigenvalue weighted by Gasteiger charge is -2.42. The van der Waals surface area contributed by atoms with E-state index in [4.69, 9.17) is 17.3 Å².